The molecule has 0 radical (unpaired) electrons. The molecule has 0 saturated heterocycles. The van der Waals surface area contributed by atoms with Crippen LogP contribution >= 0.6 is 0 Å². The molecule has 192 valence electrons. The molecule has 0 spiro atoms. The summed E-state index contributed by atoms with van der Waals surface area (Å²) in [5.74, 6) is 4.80. The lowest BCUT2D eigenvalue weighted by Gasteiger charge is -2.54. The van der Waals surface area contributed by atoms with Crippen molar-refractivity contribution in [2.24, 2.45) is 23.7 Å². The van der Waals surface area contributed by atoms with Crippen molar-refractivity contribution in [2.75, 3.05) is 0 Å². The van der Waals surface area contributed by atoms with E-state index in [2.05, 4.69) is 42.5 Å². The number of rotatable bonds is 2. The van der Waals surface area contributed by atoms with E-state index < -0.39 is 0 Å². The predicted molar refractivity (Wildman–Crippen MR) is 142 cm³/mol. The topological polar surface area (TPSA) is 49.7 Å². The molecule has 1 aliphatic heterocycles. The molecule has 0 amide bonds. The second-order valence-corrected chi connectivity index (χ2v) is 12.8. The normalized spacial score (nSPS) is 39.7. The Balaban J connectivity index is 1.27. The first kappa shape index (κ1) is 23.3. The lowest BCUT2D eigenvalue weighted by Crippen LogP contribution is -2.51. The second-order valence-electron chi connectivity index (χ2n) is 12.8. The fourth-order valence-corrected chi connectivity index (χ4v) is 9.29. The first-order chi connectivity index (χ1) is 17.7. The zero-order valence-electron chi connectivity index (χ0n) is 21.5. The van der Waals surface area contributed by atoms with Crippen molar-refractivity contribution in [3.63, 3.8) is 0 Å². The van der Waals surface area contributed by atoms with Gasteiger partial charge in [-0.1, -0.05) is 36.4 Å². The molecule has 0 bridgehead atoms. The number of aryl methyl sites for hydroxylation is 1. The first-order valence-corrected chi connectivity index (χ1v) is 14.9. The minimum absolute atomic E-state index is 0.146. The summed E-state index contributed by atoms with van der Waals surface area (Å²) in [6, 6.07) is 15.7. The van der Waals surface area contributed by atoms with Gasteiger partial charge in [-0.2, -0.15) is 0 Å². The Hall–Kier alpha value is -1.84. The highest BCUT2D eigenvalue weighted by molar-refractivity contribution is 5.51. The van der Waals surface area contributed by atoms with Crippen molar-refractivity contribution in [3.8, 4) is 5.75 Å². The summed E-state index contributed by atoms with van der Waals surface area (Å²) >= 11 is 0. The summed E-state index contributed by atoms with van der Waals surface area (Å²) in [7, 11) is 0. The molecule has 7 unspecified atom stereocenters. The zero-order chi connectivity index (χ0) is 24.2. The molecule has 5 aliphatic rings. The summed E-state index contributed by atoms with van der Waals surface area (Å²) in [5, 5.41) is 21.4. The van der Waals surface area contributed by atoms with E-state index in [1.807, 2.05) is 0 Å². The van der Waals surface area contributed by atoms with E-state index in [4.69, 9.17) is 4.74 Å². The average molecular weight is 487 g/mol. The predicted octanol–water partition coefficient (Wildman–Crippen LogP) is 6.54. The average Bonchev–Trinajstić information content (AvgIpc) is 2.92. The van der Waals surface area contributed by atoms with Crippen molar-refractivity contribution >= 4 is 0 Å². The van der Waals surface area contributed by atoms with Gasteiger partial charge in [-0.05, 0) is 129 Å². The molecule has 2 aromatic rings. The molecule has 3 fully saturated rings. The molecule has 7 rings (SSSR count). The molecule has 4 aliphatic carbocycles. The summed E-state index contributed by atoms with van der Waals surface area (Å²) in [6.45, 7) is 0. The van der Waals surface area contributed by atoms with Crippen LogP contribution in [0.25, 0.3) is 0 Å². The minimum atomic E-state index is -0.230. The van der Waals surface area contributed by atoms with Crippen LogP contribution in [0, 0.1) is 23.7 Å². The van der Waals surface area contributed by atoms with Crippen LogP contribution in [-0.2, 0) is 12.8 Å². The number of benzene rings is 2. The lowest BCUT2D eigenvalue weighted by atomic mass is 9.54. The van der Waals surface area contributed by atoms with E-state index in [0.29, 0.717) is 29.6 Å². The van der Waals surface area contributed by atoms with Crippen LogP contribution < -0.4 is 4.74 Å². The Kier molecular flexibility index (Phi) is 6.13. The third kappa shape index (κ3) is 4.02. The molecule has 1 heterocycles. The highest BCUT2D eigenvalue weighted by Gasteiger charge is 2.52. The number of hydrogen-bond acceptors (Lipinski definition) is 3. The molecule has 3 saturated carbocycles. The molecule has 3 nitrogen and oxygen atoms in total. The molecule has 0 aromatic heterocycles. The summed E-state index contributed by atoms with van der Waals surface area (Å²) in [5.41, 5.74) is 5.84. The third-order valence-corrected chi connectivity index (χ3v) is 10.9. The fraction of sp³-hybridized carbons (Fsp3) is 0.636. The number of hydrogen-bond donors (Lipinski definition) is 2. The van der Waals surface area contributed by atoms with Crippen molar-refractivity contribution in [1.82, 2.24) is 0 Å². The van der Waals surface area contributed by atoms with Gasteiger partial charge in [-0.3, -0.25) is 0 Å². The quantitative estimate of drug-likeness (QED) is 0.507. The fourth-order valence-electron chi connectivity index (χ4n) is 9.29. The van der Waals surface area contributed by atoms with Gasteiger partial charge in [0.1, 0.15) is 11.9 Å². The highest BCUT2D eigenvalue weighted by atomic mass is 16.5. The molecule has 3 heteroatoms. The van der Waals surface area contributed by atoms with Gasteiger partial charge in [0.2, 0.25) is 0 Å². The molecular formula is C33H42O3. The Morgan fingerprint density at radius 3 is 2.33 bits per heavy atom. The van der Waals surface area contributed by atoms with Crippen molar-refractivity contribution in [3.05, 3.63) is 64.7 Å². The van der Waals surface area contributed by atoms with Crippen LogP contribution in [0.5, 0.6) is 5.75 Å². The number of fused-ring (bicyclic) bond motifs is 6. The first-order valence-electron chi connectivity index (χ1n) is 14.9. The lowest BCUT2D eigenvalue weighted by molar-refractivity contribution is -0.0666. The number of aliphatic hydroxyl groups excluding tert-OH is 2. The van der Waals surface area contributed by atoms with Crippen molar-refractivity contribution < 1.29 is 14.9 Å². The van der Waals surface area contributed by atoms with Gasteiger partial charge >= 0.3 is 0 Å². The van der Waals surface area contributed by atoms with Gasteiger partial charge in [0, 0.05) is 11.5 Å². The van der Waals surface area contributed by atoms with Gasteiger partial charge in [0.15, 0.2) is 0 Å². The van der Waals surface area contributed by atoms with E-state index in [-0.39, 0.29) is 18.3 Å². The van der Waals surface area contributed by atoms with Crippen molar-refractivity contribution in [2.45, 2.75) is 107 Å². The van der Waals surface area contributed by atoms with Crippen LogP contribution in [0.15, 0.2) is 42.5 Å². The zero-order valence-corrected chi connectivity index (χ0v) is 21.5. The molecular weight excluding hydrogens is 444 g/mol. The summed E-state index contributed by atoms with van der Waals surface area (Å²) in [4.78, 5) is 0. The monoisotopic (exact) mass is 486 g/mol. The summed E-state index contributed by atoms with van der Waals surface area (Å²) < 4.78 is 6.87. The molecule has 2 aromatic carbocycles. The van der Waals surface area contributed by atoms with E-state index >= 15 is 0 Å². The maximum absolute atomic E-state index is 10.7. The third-order valence-electron chi connectivity index (χ3n) is 10.9. The van der Waals surface area contributed by atoms with Gasteiger partial charge in [0.05, 0.1) is 12.2 Å². The van der Waals surface area contributed by atoms with Crippen molar-refractivity contribution in [1.29, 1.82) is 0 Å². The smallest absolute Gasteiger partial charge is 0.123 e. The largest absolute Gasteiger partial charge is 0.490 e. The van der Waals surface area contributed by atoms with Gasteiger partial charge in [-0.25, -0.2) is 0 Å². The number of ether oxygens (including phenoxy) is 1. The van der Waals surface area contributed by atoms with Gasteiger partial charge in [-0.15, -0.1) is 0 Å². The van der Waals surface area contributed by atoms with Crippen LogP contribution in [0.2, 0.25) is 0 Å². The van der Waals surface area contributed by atoms with Crippen LogP contribution in [0.1, 0.15) is 98.3 Å². The van der Waals surface area contributed by atoms with Crippen LogP contribution in [0.3, 0.4) is 0 Å². The van der Waals surface area contributed by atoms with E-state index in [1.54, 1.807) is 0 Å². The van der Waals surface area contributed by atoms with Gasteiger partial charge in [0.25, 0.3) is 0 Å². The van der Waals surface area contributed by atoms with E-state index in [0.717, 1.165) is 50.2 Å². The molecule has 7 atom stereocenters. The van der Waals surface area contributed by atoms with E-state index in [1.165, 1.54) is 60.8 Å². The van der Waals surface area contributed by atoms with E-state index in [9.17, 15) is 10.2 Å². The Labute approximate surface area is 216 Å². The standard InChI is InChI=1S/C33H42O3/c34-25-14-10-22-12-16-29-32(27(22)18-25)31(24-8-6-21(7-9-24)20-4-2-1-3-5-20)33-28-19-26(35)15-11-23(28)13-17-30(33)36-29/h1-5,12,16,21,23-26,28,30-31,33-35H,6-11,13-15,17-19H2. The molecule has 36 heavy (non-hydrogen) atoms. The highest BCUT2D eigenvalue weighted by Crippen LogP contribution is 2.59. The Morgan fingerprint density at radius 1 is 0.722 bits per heavy atom. The van der Waals surface area contributed by atoms with Crippen LogP contribution in [-0.4, -0.2) is 28.5 Å². The maximum Gasteiger partial charge on any atom is 0.123 e. The summed E-state index contributed by atoms with van der Waals surface area (Å²) in [6.07, 6.45) is 13.2. The molecule has 2 N–H and O–H groups in total. The number of aliphatic hydroxyl groups is 2. The van der Waals surface area contributed by atoms with Gasteiger partial charge < -0.3 is 14.9 Å². The Bertz CT molecular complexity index is 1070. The second kappa shape index (κ2) is 9.48. The SMILES string of the molecule is OC1CCc2ccc3c(c2C1)C(C1CCC(c2ccccc2)CC1)C1C(CCC2CCC(O)CC21)O3. The minimum Gasteiger partial charge on any atom is -0.490 e. The Morgan fingerprint density at radius 2 is 1.50 bits per heavy atom. The van der Waals surface area contributed by atoms with Crippen LogP contribution in [0.4, 0.5) is 0 Å². The maximum atomic E-state index is 10.7.